The van der Waals surface area contributed by atoms with Gasteiger partial charge in [0, 0.05) is 0 Å². The second kappa shape index (κ2) is 7.15. The largest absolute Gasteiger partial charge is 0.468 e. The Morgan fingerprint density at radius 3 is 2.81 bits per heavy atom. The Morgan fingerprint density at radius 1 is 1.48 bits per heavy atom. The maximum absolute atomic E-state index is 11.6. The average Bonchev–Trinajstić information content (AvgIpc) is 3.07. The van der Waals surface area contributed by atoms with Crippen molar-refractivity contribution in [3.8, 4) is 10.8 Å². The van der Waals surface area contributed by atoms with Gasteiger partial charge in [-0.05, 0) is 34.0 Å². The zero-order valence-electron chi connectivity index (χ0n) is 11.9. The molecular formula is C13H16BrN3O3S. The van der Waals surface area contributed by atoms with Crippen molar-refractivity contribution < 1.29 is 13.9 Å². The van der Waals surface area contributed by atoms with Crippen molar-refractivity contribution in [3.05, 3.63) is 21.8 Å². The third kappa shape index (κ3) is 4.12. The van der Waals surface area contributed by atoms with Crippen LogP contribution in [0.4, 0.5) is 0 Å². The quantitative estimate of drug-likeness (QED) is 0.784. The normalized spacial score (nSPS) is 12.6. The molecule has 0 amide bonds. The number of hydrogen-bond donors (Lipinski definition) is 1. The number of thiophene rings is 1. The van der Waals surface area contributed by atoms with Gasteiger partial charge in [-0.2, -0.15) is 0 Å². The van der Waals surface area contributed by atoms with Crippen molar-refractivity contribution in [1.82, 2.24) is 15.5 Å². The third-order valence-corrected chi connectivity index (χ3v) is 4.46. The van der Waals surface area contributed by atoms with E-state index in [4.69, 9.17) is 9.15 Å². The minimum atomic E-state index is -0.402. The lowest BCUT2D eigenvalue weighted by Gasteiger charge is -2.18. The molecule has 0 aliphatic heterocycles. The lowest BCUT2D eigenvalue weighted by molar-refractivity contribution is -0.144. The monoisotopic (exact) mass is 373 g/mol. The highest BCUT2D eigenvalue weighted by Gasteiger charge is 2.23. The van der Waals surface area contributed by atoms with Crippen molar-refractivity contribution in [2.45, 2.75) is 26.4 Å². The fourth-order valence-corrected chi connectivity index (χ4v) is 3.08. The Balaban J connectivity index is 2.00. The Bertz CT molecular complexity index is 611. The number of rotatable bonds is 6. The first-order valence-corrected chi connectivity index (χ1v) is 8.01. The van der Waals surface area contributed by atoms with Crippen molar-refractivity contribution in [3.63, 3.8) is 0 Å². The summed E-state index contributed by atoms with van der Waals surface area (Å²) in [7, 11) is 1.37. The van der Waals surface area contributed by atoms with Gasteiger partial charge in [0.15, 0.2) is 0 Å². The first-order chi connectivity index (χ1) is 10.0. The Labute approximate surface area is 135 Å². The van der Waals surface area contributed by atoms with Gasteiger partial charge in [0.1, 0.15) is 6.04 Å². The van der Waals surface area contributed by atoms with E-state index in [1.165, 1.54) is 18.4 Å². The lowest BCUT2D eigenvalue weighted by Crippen LogP contribution is -2.41. The van der Waals surface area contributed by atoms with E-state index in [-0.39, 0.29) is 11.9 Å². The molecule has 0 fully saturated rings. The maximum Gasteiger partial charge on any atom is 0.323 e. The third-order valence-electron chi connectivity index (χ3n) is 2.85. The molecular weight excluding hydrogens is 358 g/mol. The van der Waals surface area contributed by atoms with Gasteiger partial charge in [0.05, 0.1) is 22.3 Å². The first kappa shape index (κ1) is 16.1. The maximum atomic E-state index is 11.6. The van der Waals surface area contributed by atoms with Crippen LogP contribution < -0.4 is 5.32 Å². The molecule has 0 bridgehead atoms. The topological polar surface area (TPSA) is 77.2 Å². The van der Waals surface area contributed by atoms with E-state index in [1.54, 1.807) is 0 Å². The molecule has 8 heteroatoms. The Hall–Kier alpha value is -1.25. The van der Waals surface area contributed by atoms with Crippen LogP contribution in [0.2, 0.25) is 0 Å². The number of carbonyl (C=O) groups excluding carboxylic acids is 1. The summed E-state index contributed by atoms with van der Waals surface area (Å²) in [5.41, 5.74) is 0. The van der Waals surface area contributed by atoms with Crippen LogP contribution in [-0.4, -0.2) is 29.3 Å². The summed E-state index contributed by atoms with van der Waals surface area (Å²) in [6, 6.07) is 3.43. The molecule has 2 aromatic heterocycles. The summed E-state index contributed by atoms with van der Waals surface area (Å²) < 4.78 is 11.3. The fraction of sp³-hybridized carbons (Fsp3) is 0.462. The zero-order valence-corrected chi connectivity index (χ0v) is 14.3. The number of esters is 1. The molecule has 0 aromatic carbocycles. The van der Waals surface area contributed by atoms with E-state index in [9.17, 15) is 4.79 Å². The summed E-state index contributed by atoms with van der Waals surface area (Å²) in [6.07, 6.45) is 0. The summed E-state index contributed by atoms with van der Waals surface area (Å²) in [4.78, 5) is 12.5. The Kier molecular flexibility index (Phi) is 5.49. The van der Waals surface area contributed by atoms with E-state index in [2.05, 4.69) is 31.4 Å². The number of nitrogens with one attached hydrogen (secondary N) is 1. The predicted octanol–water partition coefficient (Wildman–Crippen LogP) is 2.85. The van der Waals surface area contributed by atoms with Gasteiger partial charge in [-0.1, -0.05) is 13.8 Å². The summed E-state index contributed by atoms with van der Waals surface area (Å²) in [5.74, 6) is 0.714. The molecule has 0 aliphatic rings. The molecule has 2 heterocycles. The SMILES string of the molecule is COC(=O)C(NCc1nnc(-c2ccc(Br)s2)o1)C(C)C. The molecule has 114 valence electrons. The van der Waals surface area contributed by atoms with Crippen LogP contribution in [0.3, 0.4) is 0 Å². The number of carbonyl (C=O) groups is 1. The molecule has 1 N–H and O–H groups in total. The molecule has 0 saturated carbocycles. The van der Waals surface area contributed by atoms with Crippen molar-refractivity contribution in [2.75, 3.05) is 7.11 Å². The molecule has 2 aromatic rings. The van der Waals surface area contributed by atoms with Gasteiger partial charge in [-0.3, -0.25) is 10.1 Å². The van der Waals surface area contributed by atoms with E-state index in [1.807, 2.05) is 26.0 Å². The van der Waals surface area contributed by atoms with Gasteiger partial charge >= 0.3 is 5.97 Å². The number of aromatic nitrogens is 2. The van der Waals surface area contributed by atoms with Crippen LogP contribution in [0.5, 0.6) is 0 Å². The zero-order chi connectivity index (χ0) is 15.4. The van der Waals surface area contributed by atoms with E-state index < -0.39 is 6.04 Å². The molecule has 0 aliphatic carbocycles. The van der Waals surface area contributed by atoms with Gasteiger partial charge in [-0.15, -0.1) is 21.5 Å². The minimum Gasteiger partial charge on any atom is -0.468 e. The van der Waals surface area contributed by atoms with E-state index >= 15 is 0 Å². The van der Waals surface area contributed by atoms with Crippen LogP contribution in [0.15, 0.2) is 20.3 Å². The minimum absolute atomic E-state index is 0.105. The van der Waals surface area contributed by atoms with Gasteiger partial charge in [0.25, 0.3) is 5.89 Å². The highest BCUT2D eigenvalue weighted by molar-refractivity contribution is 9.11. The number of nitrogens with zero attached hydrogens (tertiary/aromatic N) is 2. The molecule has 1 atom stereocenters. The van der Waals surface area contributed by atoms with Crippen LogP contribution in [0, 0.1) is 5.92 Å². The summed E-state index contributed by atoms with van der Waals surface area (Å²) in [5, 5.41) is 11.1. The molecule has 0 spiro atoms. The number of halogens is 1. The fourth-order valence-electron chi connectivity index (χ4n) is 1.77. The standard InChI is InChI=1S/C13H16BrN3O3S/c1-7(2)11(13(18)19-3)15-6-10-16-17-12(20-10)8-4-5-9(14)21-8/h4-5,7,11,15H,6H2,1-3H3. The lowest BCUT2D eigenvalue weighted by atomic mass is 10.1. The molecule has 21 heavy (non-hydrogen) atoms. The second-order valence-corrected chi connectivity index (χ2v) is 7.19. The smallest absolute Gasteiger partial charge is 0.323 e. The van der Waals surface area contributed by atoms with Crippen molar-refractivity contribution >= 4 is 33.2 Å². The summed E-state index contributed by atoms with van der Waals surface area (Å²) in [6.45, 7) is 4.20. The molecule has 6 nitrogen and oxygen atoms in total. The highest BCUT2D eigenvalue weighted by atomic mass is 79.9. The van der Waals surface area contributed by atoms with Gasteiger partial charge in [0.2, 0.25) is 5.89 Å². The van der Waals surface area contributed by atoms with Crippen LogP contribution in [0.25, 0.3) is 10.8 Å². The predicted molar refractivity (Wildman–Crippen MR) is 82.8 cm³/mol. The van der Waals surface area contributed by atoms with Crippen LogP contribution in [0.1, 0.15) is 19.7 Å². The van der Waals surface area contributed by atoms with Gasteiger partial charge < -0.3 is 9.15 Å². The Morgan fingerprint density at radius 2 is 2.24 bits per heavy atom. The molecule has 2 rings (SSSR count). The average molecular weight is 374 g/mol. The summed E-state index contributed by atoms with van der Waals surface area (Å²) >= 11 is 4.91. The van der Waals surface area contributed by atoms with Crippen LogP contribution in [-0.2, 0) is 16.1 Å². The van der Waals surface area contributed by atoms with E-state index in [0.29, 0.717) is 18.3 Å². The molecule has 1 unspecified atom stereocenters. The van der Waals surface area contributed by atoms with Crippen LogP contribution >= 0.6 is 27.3 Å². The second-order valence-electron chi connectivity index (χ2n) is 4.73. The highest BCUT2D eigenvalue weighted by Crippen LogP contribution is 2.30. The van der Waals surface area contributed by atoms with Gasteiger partial charge in [-0.25, -0.2) is 0 Å². The first-order valence-electron chi connectivity index (χ1n) is 6.40. The number of ether oxygens (including phenoxy) is 1. The van der Waals surface area contributed by atoms with Crippen molar-refractivity contribution in [1.29, 1.82) is 0 Å². The van der Waals surface area contributed by atoms with Crippen molar-refractivity contribution in [2.24, 2.45) is 5.92 Å². The number of hydrogen-bond acceptors (Lipinski definition) is 7. The number of methoxy groups -OCH3 is 1. The molecule has 0 saturated heterocycles. The van der Waals surface area contributed by atoms with E-state index in [0.717, 1.165) is 8.66 Å². The molecule has 0 radical (unpaired) electrons.